The first kappa shape index (κ1) is 10.7. The van der Waals surface area contributed by atoms with Crippen molar-refractivity contribution in [2.45, 2.75) is 10.2 Å². The van der Waals surface area contributed by atoms with Crippen LogP contribution in [0.15, 0.2) is 33.7 Å². The monoisotopic (exact) mass is 334 g/mol. The maximum absolute atomic E-state index is 11.3. The third kappa shape index (κ3) is 2.23. The summed E-state index contributed by atoms with van der Waals surface area (Å²) >= 11 is 3.35. The molecule has 0 aliphatic rings. The second kappa shape index (κ2) is 4.35. The molecule has 0 radical (unpaired) electrons. The van der Waals surface area contributed by atoms with Crippen molar-refractivity contribution in [2.24, 2.45) is 7.05 Å². The van der Waals surface area contributed by atoms with Gasteiger partial charge in [0.05, 0.1) is 6.33 Å². The molecule has 2 heterocycles. The van der Waals surface area contributed by atoms with Crippen molar-refractivity contribution >= 4 is 34.4 Å². The molecule has 0 saturated heterocycles. The van der Waals surface area contributed by atoms with Crippen LogP contribution in [0.4, 0.5) is 0 Å². The number of aromatic amines is 1. The van der Waals surface area contributed by atoms with Crippen molar-refractivity contribution in [3.05, 3.63) is 32.6 Å². The van der Waals surface area contributed by atoms with Gasteiger partial charge in [0.15, 0.2) is 5.16 Å². The minimum atomic E-state index is -0.123. The van der Waals surface area contributed by atoms with Gasteiger partial charge in [-0.2, -0.15) is 0 Å². The Bertz CT molecular complexity index is 535. The summed E-state index contributed by atoms with van der Waals surface area (Å²) in [6.07, 6.45) is 4.96. The molecule has 2 rings (SSSR count). The Labute approximate surface area is 103 Å². The standard InChI is InChI=1S/C8H7IN4OS/c1-13-3-2-10-8(13)15-7-5(9)6(14)11-4-12-7/h2-4H,1H3,(H,11,12,14). The molecule has 0 atom stereocenters. The summed E-state index contributed by atoms with van der Waals surface area (Å²) in [5.74, 6) is 0. The Hall–Kier alpha value is -0.830. The summed E-state index contributed by atoms with van der Waals surface area (Å²) in [4.78, 5) is 22.1. The van der Waals surface area contributed by atoms with Crippen LogP contribution in [0.2, 0.25) is 0 Å². The van der Waals surface area contributed by atoms with Gasteiger partial charge in [-0.15, -0.1) is 0 Å². The molecular weight excluding hydrogens is 327 g/mol. The second-order valence-electron chi connectivity index (χ2n) is 2.77. The van der Waals surface area contributed by atoms with Crippen LogP contribution < -0.4 is 5.56 Å². The van der Waals surface area contributed by atoms with E-state index in [9.17, 15) is 4.79 Å². The zero-order valence-corrected chi connectivity index (χ0v) is 10.7. The number of nitrogens with one attached hydrogen (secondary N) is 1. The van der Waals surface area contributed by atoms with Gasteiger partial charge in [0.2, 0.25) is 0 Å². The van der Waals surface area contributed by atoms with E-state index in [1.54, 1.807) is 6.20 Å². The van der Waals surface area contributed by atoms with Crippen LogP contribution >= 0.6 is 34.4 Å². The lowest BCUT2D eigenvalue weighted by Gasteiger charge is -2.01. The molecule has 0 aromatic carbocycles. The third-order valence-electron chi connectivity index (χ3n) is 1.73. The van der Waals surface area contributed by atoms with E-state index in [1.807, 2.05) is 40.4 Å². The minimum Gasteiger partial charge on any atom is -0.329 e. The molecule has 1 N–H and O–H groups in total. The Morgan fingerprint density at radius 3 is 3.00 bits per heavy atom. The van der Waals surface area contributed by atoms with Crippen molar-refractivity contribution in [1.29, 1.82) is 0 Å². The maximum atomic E-state index is 11.3. The molecule has 78 valence electrons. The lowest BCUT2D eigenvalue weighted by molar-refractivity contribution is 0.787. The predicted molar refractivity (Wildman–Crippen MR) is 64.9 cm³/mol. The number of hydrogen-bond acceptors (Lipinski definition) is 4. The molecule has 15 heavy (non-hydrogen) atoms. The van der Waals surface area contributed by atoms with Gasteiger partial charge in [-0.3, -0.25) is 4.79 Å². The van der Waals surface area contributed by atoms with Gasteiger partial charge >= 0.3 is 0 Å². The fourth-order valence-corrected chi connectivity index (χ4v) is 2.38. The number of imidazole rings is 1. The maximum Gasteiger partial charge on any atom is 0.265 e. The van der Waals surface area contributed by atoms with Crippen LogP contribution in [0.1, 0.15) is 0 Å². The second-order valence-corrected chi connectivity index (χ2v) is 4.81. The van der Waals surface area contributed by atoms with E-state index in [0.29, 0.717) is 8.60 Å². The molecule has 0 saturated carbocycles. The molecule has 0 bridgehead atoms. The Morgan fingerprint density at radius 2 is 2.33 bits per heavy atom. The first-order chi connectivity index (χ1) is 7.18. The lowest BCUT2D eigenvalue weighted by atomic mass is 10.7. The molecule has 2 aromatic rings. The topological polar surface area (TPSA) is 63.6 Å². The summed E-state index contributed by atoms with van der Waals surface area (Å²) in [5, 5.41) is 1.49. The zero-order valence-electron chi connectivity index (χ0n) is 7.77. The lowest BCUT2D eigenvalue weighted by Crippen LogP contribution is -2.11. The highest BCUT2D eigenvalue weighted by atomic mass is 127. The average Bonchev–Trinajstić information content (AvgIpc) is 2.60. The predicted octanol–water partition coefficient (Wildman–Crippen LogP) is 1.26. The van der Waals surface area contributed by atoms with E-state index < -0.39 is 0 Å². The number of halogens is 1. The summed E-state index contributed by atoms with van der Waals surface area (Å²) < 4.78 is 2.46. The molecule has 0 amide bonds. The van der Waals surface area contributed by atoms with E-state index in [0.717, 1.165) is 5.16 Å². The number of H-pyrrole nitrogens is 1. The Balaban J connectivity index is 2.37. The number of rotatable bonds is 2. The first-order valence-corrected chi connectivity index (χ1v) is 5.96. The highest BCUT2D eigenvalue weighted by molar-refractivity contribution is 14.1. The highest BCUT2D eigenvalue weighted by Gasteiger charge is 2.09. The van der Waals surface area contributed by atoms with Gasteiger partial charge in [-0.1, -0.05) is 0 Å². The van der Waals surface area contributed by atoms with Gasteiger partial charge in [0.25, 0.3) is 5.56 Å². The number of nitrogens with zero attached hydrogens (tertiary/aromatic N) is 3. The Morgan fingerprint density at radius 1 is 1.53 bits per heavy atom. The molecule has 0 fully saturated rings. The molecule has 0 aliphatic heterocycles. The van der Waals surface area contributed by atoms with Crippen molar-refractivity contribution in [2.75, 3.05) is 0 Å². The van der Waals surface area contributed by atoms with Crippen LogP contribution in [-0.4, -0.2) is 19.5 Å². The van der Waals surface area contributed by atoms with E-state index in [1.165, 1.54) is 18.1 Å². The SMILES string of the molecule is Cn1ccnc1Sc1nc[nH]c(=O)c1I. The fraction of sp³-hybridized carbons (Fsp3) is 0.125. The molecule has 0 aliphatic carbocycles. The van der Waals surface area contributed by atoms with Gasteiger partial charge in [-0.05, 0) is 34.4 Å². The zero-order chi connectivity index (χ0) is 10.8. The summed E-state index contributed by atoms with van der Waals surface area (Å²) in [6.45, 7) is 0. The first-order valence-electron chi connectivity index (χ1n) is 4.07. The van der Waals surface area contributed by atoms with E-state index in [4.69, 9.17) is 0 Å². The van der Waals surface area contributed by atoms with Crippen molar-refractivity contribution in [1.82, 2.24) is 19.5 Å². The number of hydrogen-bond donors (Lipinski definition) is 1. The van der Waals surface area contributed by atoms with E-state index >= 15 is 0 Å². The summed E-state index contributed by atoms with van der Waals surface area (Å²) in [7, 11) is 1.90. The third-order valence-corrected chi connectivity index (χ3v) is 4.18. The van der Waals surface area contributed by atoms with Crippen LogP contribution in [-0.2, 0) is 7.05 Å². The molecule has 0 spiro atoms. The fourth-order valence-electron chi connectivity index (χ4n) is 0.975. The Kier molecular flexibility index (Phi) is 3.10. The van der Waals surface area contributed by atoms with Crippen LogP contribution in [0.25, 0.3) is 0 Å². The summed E-state index contributed by atoms with van der Waals surface area (Å²) in [6, 6.07) is 0. The van der Waals surface area contributed by atoms with Gasteiger partial charge in [0.1, 0.15) is 8.60 Å². The largest absolute Gasteiger partial charge is 0.329 e. The minimum absolute atomic E-state index is 0.123. The normalized spacial score (nSPS) is 10.5. The number of aromatic nitrogens is 4. The quantitative estimate of drug-likeness (QED) is 0.663. The van der Waals surface area contributed by atoms with Crippen molar-refractivity contribution in [3.63, 3.8) is 0 Å². The van der Waals surface area contributed by atoms with Crippen LogP contribution in [0, 0.1) is 3.57 Å². The molecule has 7 heteroatoms. The highest BCUT2D eigenvalue weighted by Crippen LogP contribution is 2.25. The van der Waals surface area contributed by atoms with Crippen molar-refractivity contribution < 1.29 is 0 Å². The van der Waals surface area contributed by atoms with Gasteiger partial charge in [-0.25, -0.2) is 9.97 Å². The van der Waals surface area contributed by atoms with E-state index in [-0.39, 0.29) is 5.56 Å². The average molecular weight is 334 g/mol. The van der Waals surface area contributed by atoms with Crippen molar-refractivity contribution in [3.8, 4) is 0 Å². The number of aryl methyl sites for hydroxylation is 1. The summed E-state index contributed by atoms with van der Waals surface area (Å²) in [5.41, 5.74) is -0.123. The van der Waals surface area contributed by atoms with Gasteiger partial charge in [0, 0.05) is 19.4 Å². The van der Waals surface area contributed by atoms with Crippen LogP contribution in [0.5, 0.6) is 0 Å². The van der Waals surface area contributed by atoms with E-state index in [2.05, 4.69) is 15.0 Å². The molecule has 2 aromatic heterocycles. The smallest absolute Gasteiger partial charge is 0.265 e. The molecular formula is C8H7IN4OS. The van der Waals surface area contributed by atoms with Gasteiger partial charge < -0.3 is 9.55 Å². The molecule has 5 nitrogen and oxygen atoms in total. The molecule has 0 unspecified atom stereocenters. The van der Waals surface area contributed by atoms with Crippen LogP contribution in [0.3, 0.4) is 0 Å².